The summed E-state index contributed by atoms with van der Waals surface area (Å²) in [6.07, 6.45) is 5.38. The number of benzene rings is 3. The monoisotopic (exact) mass is 355 g/mol. The van der Waals surface area contributed by atoms with Gasteiger partial charge < -0.3 is 0 Å². The van der Waals surface area contributed by atoms with Crippen molar-refractivity contribution in [2.24, 2.45) is 0 Å². The molecule has 4 heteroatoms. The van der Waals surface area contributed by atoms with Crippen molar-refractivity contribution in [2.45, 2.75) is 0 Å². The number of carbonyl (C=O) groups excluding carboxylic acids is 1. The van der Waals surface area contributed by atoms with Crippen molar-refractivity contribution in [3.8, 4) is 0 Å². The van der Waals surface area contributed by atoms with E-state index in [0.29, 0.717) is 11.1 Å². The Hall–Kier alpha value is -3.79. The van der Waals surface area contributed by atoms with Crippen LogP contribution in [-0.4, -0.2) is 10.7 Å². The van der Waals surface area contributed by atoms with Crippen LogP contribution in [0.5, 0.6) is 0 Å². The van der Waals surface area contributed by atoms with Gasteiger partial charge in [0.05, 0.1) is 4.92 Å². The van der Waals surface area contributed by atoms with Gasteiger partial charge in [0, 0.05) is 23.3 Å². The number of nitro benzene ring substituents is 1. The van der Waals surface area contributed by atoms with Crippen LogP contribution in [-0.2, 0) is 0 Å². The van der Waals surface area contributed by atoms with E-state index in [1.165, 1.54) is 12.1 Å². The molecule has 0 heterocycles. The molecule has 0 saturated heterocycles. The molecule has 132 valence electrons. The van der Waals surface area contributed by atoms with Crippen LogP contribution in [0.1, 0.15) is 21.5 Å². The zero-order valence-electron chi connectivity index (χ0n) is 14.5. The van der Waals surface area contributed by atoms with Crippen molar-refractivity contribution in [3.63, 3.8) is 0 Å². The predicted octanol–water partition coefficient (Wildman–Crippen LogP) is 5.57. The molecule has 0 radical (unpaired) electrons. The van der Waals surface area contributed by atoms with Crippen LogP contribution < -0.4 is 0 Å². The van der Waals surface area contributed by atoms with Crippen LogP contribution in [0, 0.1) is 10.1 Å². The number of carbonyl (C=O) groups is 1. The van der Waals surface area contributed by atoms with Gasteiger partial charge in [-0.2, -0.15) is 0 Å². The molecule has 0 saturated carbocycles. The fraction of sp³-hybridized carbons (Fsp3) is 0. The number of non-ortho nitro benzene ring substituents is 1. The van der Waals surface area contributed by atoms with Gasteiger partial charge in [0.2, 0.25) is 0 Å². The Labute approximate surface area is 157 Å². The topological polar surface area (TPSA) is 60.2 Å². The van der Waals surface area contributed by atoms with Crippen LogP contribution in [0.2, 0.25) is 0 Å². The Kier molecular flexibility index (Phi) is 5.70. The Bertz CT molecular complexity index is 989. The molecule has 0 N–H and O–H groups in total. The molecule has 0 aliphatic carbocycles. The number of allylic oxidation sites excluding steroid dienone is 2. The molecule has 0 amide bonds. The average molecular weight is 355 g/mol. The van der Waals surface area contributed by atoms with Crippen LogP contribution in [0.4, 0.5) is 5.69 Å². The van der Waals surface area contributed by atoms with Gasteiger partial charge in [-0.25, -0.2) is 0 Å². The third kappa shape index (κ3) is 4.86. The third-order valence-corrected chi connectivity index (χ3v) is 3.98. The van der Waals surface area contributed by atoms with E-state index in [9.17, 15) is 14.9 Å². The molecular formula is C23H17NO3. The second-order valence-electron chi connectivity index (χ2n) is 5.89. The zero-order valence-corrected chi connectivity index (χ0v) is 14.5. The molecule has 0 unspecified atom stereocenters. The highest BCUT2D eigenvalue weighted by Gasteiger charge is 2.10. The molecule has 0 atom stereocenters. The van der Waals surface area contributed by atoms with Crippen molar-refractivity contribution >= 4 is 23.6 Å². The predicted molar refractivity (Wildman–Crippen MR) is 107 cm³/mol. The SMILES string of the molecule is O=C(C(/C=C/c1ccccc1)=C/c1ccc([N+](=O)[O-])cc1)c1ccccc1. The molecule has 3 aromatic rings. The summed E-state index contributed by atoms with van der Waals surface area (Å²) in [5, 5.41) is 10.8. The maximum absolute atomic E-state index is 12.9. The molecule has 4 nitrogen and oxygen atoms in total. The Morgan fingerprint density at radius 2 is 1.37 bits per heavy atom. The summed E-state index contributed by atoms with van der Waals surface area (Å²) < 4.78 is 0. The fourth-order valence-electron chi connectivity index (χ4n) is 2.57. The summed E-state index contributed by atoms with van der Waals surface area (Å²) in [6.45, 7) is 0. The number of hydrogen-bond acceptors (Lipinski definition) is 3. The highest BCUT2D eigenvalue weighted by molar-refractivity contribution is 6.13. The molecule has 3 rings (SSSR count). The van der Waals surface area contributed by atoms with E-state index in [2.05, 4.69) is 0 Å². The van der Waals surface area contributed by atoms with Gasteiger partial charge in [0.15, 0.2) is 5.78 Å². The number of ketones is 1. The minimum absolute atomic E-state index is 0.0166. The summed E-state index contributed by atoms with van der Waals surface area (Å²) in [6, 6.07) is 24.8. The van der Waals surface area contributed by atoms with E-state index in [1.807, 2.05) is 54.6 Å². The van der Waals surface area contributed by atoms with Crippen LogP contribution in [0.3, 0.4) is 0 Å². The smallest absolute Gasteiger partial charge is 0.269 e. The third-order valence-electron chi connectivity index (χ3n) is 3.98. The summed E-state index contributed by atoms with van der Waals surface area (Å²) in [7, 11) is 0. The van der Waals surface area contributed by atoms with Gasteiger partial charge in [-0.05, 0) is 29.3 Å². The van der Waals surface area contributed by atoms with Crippen molar-refractivity contribution in [3.05, 3.63) is 123 Å². The van der Waals surface area contributed by atoms with Crippen molar-refractivity contribution in [1.29, 1.82) is 0 Å². The molecule has 3 aromatic carbocycles. The standard InChI is InChI=1S/C23H17NO3/c25-23(20-9-5-2-6-10-20)21(14-11-18-7-3-1-4-8-18)17-19-12-15-22(16-13-19)24(26)27/h1-17H/b14-11+,21-17+. The lowest BCUT2D eigenvalue weighted by Crippen LogP contribution is -2.01. The fourth-order valence-corrected chi connectivity index (χ4v) is 2.57. The van der Waals surface area contributed by atoms with Gasteiger partial charge >= 0.3 is 0 Å². The minimum Gasteiger partial charge on any atom is -0.289 e. The van der Waals surface area contributed by atoms with Crippen LogP contribution in [0.15, 0.2) is 96.6 Å². The van der Waals surface area contributed by atoms with Crippen molar-refractivity contribution < 1.29 is 9.72 Å². The lowest BCUT2D eigenvalue weighted by atomic mass is 9.99. The number of Topliss-reactive ketones (excluding diaryl/α,β-unsaturated/α-hetero) is 1. The first-order chi connectivity index (χ1) is 13.1. The highest BCUT2D eigenvalue weighted by Crippen LogP contribution is 2.18. The number of nitro groups is 1. The summed E-state index contributed by atoms with van der Waals surface area (Å²) in [5.41, 5.74) is 2.80. The second kappa shape index (κ2) is 8.54. The van der Waals surface area contributed by atoms with Crippen molar-refractivity contribution in [2.75, 3.05) is 0 Å². The van der Waals surface area contributed by atoms with E-state index in [1.54, 1.807) is 36.4 Å². The Morgan fingerprint density at radius 1 is 0.778 bits per heavy atom. The van der Waals surface area contributed by atoms with Gasteiger partial charge in [-0.3, -0.25) is 14.9 Å². The Balaban J connectivity index is 1.97. The van der Waals surface area contributed by atoms with Gasteiger partial charge in [0.25, 0.3) is 5.69 Å². The second-order valence-corrected chi connectivity index (χ2v) is 5.89. The summed E-state index contributed by atoms with van der Waals surface area (Å²) in [5.74, 6) is -0.110. The lowest BCUT2D eigenvalue weighted by molar-refractivity contribution is -0.384. The molecule has 0 aliphatic rings. The minimum atomic E-state index is -0.446. The first-order valence-electron chi connectivity index (χ1n) is 8.42. The number of nitrogens with zero attached hydrogens (tertiary/aromatic N) is 1. The van der Waals surface area contributed by atoms with E-state index in [-0.39, 0.29) is 11.5 Å². The molecule has 0 aliphatic heterocycles. The van der Waals surface area contributed by atoms with Gasteiger partial charge in [-0.1, -0.05) is 72.8 Å². The van der Waals surface area contributed by atoms with Crippen molar-refractivity contribution in [1.82, 2.24) is 0 Å². The van der Waals surface area contributed by atoms with E-state index in [4.69, 9.17) is 0 Å². The van der Waals surface area contributed by atoms with E-state index >= 15 is 0 Å². The van der Waals surface area contributed by atoms with Gasteiger partial charge in [-0.15, -0.1) is 0 Å². The summed E-state index contributed by atoms with van der Waals surface area (Å²) >= 11 is 0. The quantitative estimate of drug-likeness (QED) is 0.191. The maximum atomic E-state index is 12.9. The zero-order chi connectivity index (χ0) is 19.1. The molecule has 0 aromatic heterocycles. The molecule has 0 bridgehead atoms. The first-order valence-corrected chi connectivity index (χ1v) is 8.42. The van der Waals surface area contributed by atoms with Gasteiger partial charge in [0.1, 0.15) is 0 Å². The maximum Gasteiger partial charge on any atom is 0.269 e. The average Bonchev–Trinajstić information content (AvgIpc) is 2.72. The summed E-state index contributed by atoms with van der Waals surface area (Å²) in [4.78, 5) is 23.3. The Morgan fingerprint density at radius 3 is 1.96 bits per heavy atom. The number of rotatable bonds is 6. The van der Waals surface area contributed by atoms with E-state index < -0.39 is 4.92 Å². The molecule has 0 fully saturated rings. The highest BCUT2D eigenvalue weighted by atomic mass is 16.6. The van der Waals surface area contributed by atoms with Crippen LogP contribution >= 0.6 is 0 Å². The molecule has 27 heavy (non-hydrogen) atoms. The normalized spacial score (nSPS) is 11.5. The largest absolute Gasteiger partial charge is 0.289 e. The van der Waals surface area contributed by atoms with Crippen LogP contribution in [0.25, 0.3) is 12.2 Å². The lowest BCUT2D eigenvalue weighted by Gasteiger charge is -2.03. The molecular weight excluding hydrogens is 338 g/mol. The molecule has 0 spiro atoms. The first kappa shape index (κ1) is 18.0. The number of hydrogen-bond donors (Lipinski definition) is 0. The van der Waals surface area contributed by atoms with E-state index in [0.717, 1.165) is 11.1 Å².